The van der Waals surface area contributed by atoms with E-state index in [4.69, 9.17) is 14.6 Å². The summed E-state index contributed by atoms with van der Waals surface area (Å²) in [5.41, 5.74) is 0.399. The number of methoxy groups -OCH3 is 1. The SMILES string of the molecule is COc1cc(C(=O)N[C@H]2CCO[C@H](CO)[C@H]2O)ccn1. The summed E-state index contributed by atoms with van der Waals surface area (Å²) < 4.78 is 10.2. The first-order valence-corrected chi connectivity index (χ1v) is 6.37. The topological polar surface area (TPSA) is 101 Å². The van der Waals surface area contributed by atoms with Crippen LogP contribution in [0, 0.1) is 0 Å². The lowest BCUT2D eigenvalue weighted by atomic mass is 9.99. The molecule has 2 rings (SSSR count). The zero-order valence-corrected chi connectivity index (χ0v) is 11.2. The molecule has 1 aliphatic rings. The van der Waals surface area contributed by atoms with E-state index in [0.717, 1.165) is 0 Å². The summed E-state index contributed by atoms with van der Waals surface area (Å²) in [6, 6.07) is 2.63. The summed E-state index contributed by atoms with van der Waals surface area (Å²) in [6.07, 6.45) is 0.374. The number of hydrogen-bond acceptors (Lipinski definition) is 6. The van der Waals surface area contributed by atoms with E-state index < -0.39 is 18.2 Å². The van der Waals surface area contributed by atoms with Crippen LogP contribution in [0.3, 0.4) is 0 Å². The molecule has 1 aromatic heterocycles. The van der Waals surface area contributed by atoms with Crippen LogP contribution in [0.5, 0.6) is 5.88 Å². The van der Waals surface area contributed by atoms with Gasteiger partial charge >= 0.3 is 0 Å². The molecule has 0 radical (unpaired) electrons. The summed E-state index contributed by atoms with van der Waals surface area (Å²) in [4.78, 5) is 16.0. The predicted molar refractivity (Wildman–Crippen MR) is 69.5 cm³/mol. The Morgan fingerprint density at radius 1 is 1.65 bits per heavy atom. The maximum Gasteiger partial charge on any atom is 0.251 e. The number of nitrogens with zero attached hydrogens (tertiary/aromatic N) is 1. The summed E-state index contributed by atoms with van der Waals surface area (Å²) >= 11 is 0. The van der Waals surface area contributed by atoms with Gasteiger partial charge < -0.3 is 25.0 Å². The maximum absolute atomic E-state index is 12.1. The standard InChI is InChI=1S/C13H18N2O5/c1-19-11-6-8(2-4-14-11)13(18)15-9-3-5-20-10(7-16)12(9)17/h2,4,6,9-10,12,16-17H,3,5,7H2,1H3,(H,15,18)/t9-,10+,12-/m0/s1. The number of rotatable bonds is 4. The number of carbonyl (C=O) groups is 1. The first kappa shape index (κ1) is 14.7. The van der Waals surface area contributed by atoms with Crippen molar-refractivity contribution in [1.82, 2.24) is 10.3 Å². The summed E-state index contributed by atoms with van der Waals surface area (Å²) in [6.45, 7) is 0.101. The Labute approximate surface area is 116 Å². The van der Waals surface area contributed by atoms with Gasteiger partial charge in [0, 0.05) is 24.4 Å². The lowest BCUT2D eigenvalue weighted by molar-refractivity contribution is -0.107. The molecule has 0 bridgehead atoms. The Morgan fingerprint density at radius 3 is 3.15 bits per heavy atom. The lowest BCUT2D eigenvalue weighted by Gasteiger charge is -2.34. The average Bonchev–Trinajstić information content (AvgIpc) is 2.49. The van der Waals surface area contributed by atoms with Crippen molar-refractivity contribution in [2.24, 2.45) is 0 Å². The Morgan fingerprint density at radius 2 is 2.45 bits per heavy atom. The van der Waals surface area contributed by atoms with Crippen LogP contribution < -0.4 is 10.1 Å². The van der Waals surface area contributed by atoms with Crippen molar-refractivity contribution in [1.29, 1.82) is 0 Å². The molecular formula is C13H18N2O5. The highest BCUT2D eigenvalue weighted by Crippen LogP contribution is 2.16. The van der Waals surface area contributed by atoms with Crippen molar-refractivity contribution >= 4 is 5.91 Å². The van der Waals surface area contributed by atoms with E-state index in [1.165, 1.54) is 19.4 Å². The average molecular weight is 282 g/mol. The molecule has 7 nitrogen and oxygen atoms in total. The Hall–Kier alpha value is -1.70. The molecule has 1 amide bonds. The first-order valence-electron chi connectivity index (χ1n) is 6.37. The van der Waals surface area contributed by atoms with Gasteiger partial charge in [-0.05, 0) is 12.5 Å². The van der Waals surface area contributed by atoms with Crippen LogP contribution in [-0.4, -0.2) is 59.7 Å². The summed E-state index contributed by atoms with van der Waals surface area (Å²) in [5.74, 6) is 0.0201. The van der Waals surface area contributed by atoms with E-state index in [0.29, 0.717) is 24.5 Å². The second-order valence-electron chi connectivity index (χ2n) is 4.54. The monoisotopic (exact) mass is 282 g/mol. The highest BCUT2D eigenvalue weighted by molar-refractivity contribution is 5.94. The van der Waals surface area contributed by atoms with E-state index in [-0.39, 0.29) is 12.5 Å². The minimum absolute atomic E-state index is 0.281. The van der Waals surface area contributed by atoms with Gasteiger partial charge in [-0.15, -0.1) is 0 Å². The van der Waals surface area contributed by atoms with Crippen molar-refractivity contribution in [3.63, 3.8) is 0 Å². The largest absolute Gasteiger partial charge is 0.481 e. The number of pyridine rings is 1. The number of nitrogens with one attached hydrogen (secondary N) is 1. The zero-order valence-electron chi connectivity index (χ0n) is 11.2. The molecule has 3 N–H and O–H groups in total. The number of aliphatic hydroxyl groups excluding tert-OH is 2. The minimum Gasteiger partial charge on any atom is -0.481 e. The molecule has 3 atom stereocenters. The zero-order chi connectivity index (χ0) is 14.5. The Kier molecular flexibility index (Phi) is 4.89. The molecule has 0 aliphatic carbocycles. The van der Waals surface area contributed by atoms with Gasteiger partial charge in [0.1, 0.15) is 12.2 Å². The Balaban J connectivity index is 2.03. The quantitative estimate of drug-likeness (QED) is 0.677. The number of amides is 1. The van der Waals surface area contributed by atoms with E-state index in [1.807, 2.05) is 0 Å². The smallest absolute Gasteiger partial charge is 0.251 e. The molecule has 0 aromatic carbocycles. The Bertz CT molecular complexity index is 468. The van der Waals surface area contributed by atoms with Crippen LogP contribution in [0.2, 0.25) is 0 Å². The van der Waals surface area contributed by atoms with Gasteiger partial charge in [-0.25, -0.2) is 4.98 Å². The van der Waals surface area contributed by atoms with Gasteiger partial charge in [0.25, 0.3) is 5.91 Å². The maximum atomic E-state index is 12.1. The van der Waals surface area contributed by atoms with Crippen molar-refractivity contribution in [2.75, 3.05) is 20.3 Å². The second-order valence-corrected chi connectivity index (χ2v) is 4.54. The van der Waals surface area contributed by atoms with E-state index >= 15 is 0 Å². The van der Waals surface area contributed by atoms with Crippen LogP contribution in [-0.2, 0) is 4.74 Å². The lowest BCUT2D eigenvalue weighted by Crippen LogP contribution is -2.54. The number of aromatic nitrogens is 1. The van der Waals surface area contributed by atoms with E-state index in [1.54, 1.807) is 6.07 Å². The predicted octanol–water partition coefficient (Wildman–Crippen LogP) is -0.669. The molecule has 1 aliphatic heterocycles. The molecule has 1 fully saturated rings. The number of aliphatic hydroxyl groups is 2. The molecule has 110 valence electrons. The fourth-order valence-electron chi connectivity index (χ4n) is 2.11. The molecule has 2 heterocycles. The molecule has 1 saturated heterocycles. The molecule has 1 aromatic rings. The molecular weight excluding hydrogens is 264 g/mol. The molecule has 20 heavy (non-hydrogen) atoms. The van der Waals surface area contributed by atoms with Crippen molar-refractivity contribution < 1.29 is 24.5 Å². The fraction of sp³-hybridized carbons (Fsp3) is 0.538. The summed E-state index contributed by atoms with van der Waals surface area (Å²) in [7, 11) is 1.47. The number of hydrogen-bond donors (Lipinski definition) is 3. The van der Waals surface area contributed by atoms with Gasteiger partial charge in [-0.1, -0.05) is 0 Å². The molecule has 7 heteroatoms. The molecule has 0 unspecified atom stereocenters. The minimum atomic E-state index is -0.929. The van der Waals surface area contributed by atoms with Crippen LogP contribution in [0.1, 0.15) is 16.8 Å². The third-order valence-corrected chi connectivity index (χ3v) is 3.26. The molecule has 0 saturated carbocycles. The third-order valence-electron chi connectivity index (χ3n) is 3.26. The normalized spacial score (nSPS) is 26.1. The van der Waals surface area contributed by atoms with Crippen LogP contribution >= 0.6 is 0 Å². The summed E-state index contributed by atoms with van der Waals surface area (Å²) in [5, 5.41) is 21.8. The fourth-order valence-corrected chi connectivity index (χ4v) is 2.11. The highest BCUT2D eigenvalue weighted by Gasteiger charge is 2.33. The van der Waals surface area contributed by atoms with Crippen molar-refractivity contribution in [2.45, 2.75) is 24.7 Å². The van der Waals surface area contributed by atoms with Gasteiger partial charge in [-0.3, -0.25) is 4.79 Å². The second kappa shape index (κ2) is 6.65. The van der Waals surface area contributed by atoms with Gasteiger partial charge in [0.05, 0.1) is 19.8 Å². The van der Waals surface area contributed by atoms with Gasteiger partial charge in [0.15, 0.2) is 0 Å². The number of carbonyl (C=O) groups excluding carboxylic acids is 1. The van der Waals surface area contributed by atoms with Crippen LogP contribution in [0.4, 0.5) is 0 Å². The highest BCUT2D eigenvalue weighted by atomic mass is 16.5. The van der Waals surface area contributed by atoms with Crippen molar-refractivity contribution in [3.8, 4) is 5.88 Å². The van der Waals surface area contributed by atoms with E-state index in [9.17, 15) is 9.90 Å². The third kappa shape index (κ3) is 3.24. The molecule has 0 spiro atoms. The number of ether oxygens (including phenoxy) is 2. The van der Waals surface area contributed by atoms with Crippen LogP contribution in [0.15, 0.2) is 18.3 Å². The van der Waals surface area contributed by atoms with Crippen molar-refractivity contribution in [3.05, 3.63) is 23.9 Å². The van der Waals surface area contributed by atoms with Gasteiger partial charge in [0.2, 0.25) is 5.88 Å². The van der Waals surface area contributed by atoms with Crippen LogP contribution in [0.25, 0.3) is 0 Å². The van der Waals surface area contributed by atoms with Gasteiger partial charge in [-0.2, -0.15) is 0 Å². The van der Waals surface area contributed by atoms with E-state index in [2.05, 4.69) is 10.3 Å². The first-order chi connectivity index (χ1) is 9.65.